The summed E-state index contributed by atoms with van der Waals surface area (Å²) in [5, 5.41) is 11.7. The Morgan fingerprint density at radius 3 is 2.50 bits per heavy atom. The monoisotopic (exact) mass is 279 g/mol. The third-order valence-electron chi connectivity index (χ3n) is 2.96. The largest absolute Gasteiger partial charge is 0.480 e. The van der Waals surface area contributed by atoms with E-state index in [1.807, 2.05) is 30.3 Å². The van der Waals surface area contributed by atoms with Crippen molar-refractivity contribution in [1.82, 2.24) is 5.32 Å². The lowest BCUT2D eigenvalue weighted by molar-refractivity contribution is -0.147. The molecule has 2 N–H and O–H groups in total. The zero-order chi connectivity index (χ0) is 15.0. The summed E-state index contributed by atoms with van der Waals surface area (Å²) < 4.78 is 4.98. The lowest BCUT2D eigenvalue weighted by Gasteiger charge is -2.19. The van der Waals surface area contributed by atoms with Gasteiger partial charge in [0.15, 0.2) is 0 Å². The molecule has 1 aromatic rings. The SMILES string of the molecule is CCOC(=O)[C@H](CCc1ccccc1)NC(C)C(=O)O. The Morgan fingerprint density at radius 2 is 1.95 bits per heavy atom. The maximum absolute atomic E-state index is 11.8. The Morgan fingerprint density at radius 1 is 1.30 bits per heavy atom. The lowest BCUT2D eigenvalue weighted by Crippen LogP contribution is -2.46. The predicted octanol–water partition coefficient (Wildman–Crippen LogP) is 1.61. The number of esters is 1. The average molecular weight is 279 g/mol. The molecule has 2 atom stereocenters. The van der Waals surface area contributed by atoms with Crippen molar-refractivity contribution in [3.05, 3.63) is 35.9 Å². The number of aryl methyl sites for hydroxylation is 1. The highest BCUT2D eigenvalue weighted by atomic mass is 16.5. The molecule has 0 bridgehead atoms. The maximum Gasteiger partial charge on any atom is 0.323 e. The smallest absolute Gasteiger partial charge is 0.323 e. The number of carboxylic acid groups (broad SMARTS) is 1. The van der Waals surface area contributed by atoms with Crippen LogP contribution in [0.25, 0.3) is 0 Å². The van der Waals surface area contributed by atoms with Crippen LogP contribution in [-0.2, 0) is 20.7 Å². The van der Waals surface area contributed by atoms with Crippen molar-refractivity contribution in [2.45, 2.75) is 38.8 Å². The first-order chi connectivity index (χ1) is 9.54. The number of carbonyl (C=O) groups excluding carboxylic acids is 1. The fourth-order valence-electron chi connectivity index (χ4n) is 1.84. The van der Waals surface area contributed by atoms with Gasteiger partial charge in [-0.05, 0) is 32.3 Å². The Kier molecular flexibility index (Phi) is 6.73. The van der Waals surface area contributed by atoms with Crippen molar-refractivity contribution in [3.63, 3.8) is 0 Å². The van der Waals surface area contributed by atoms with Crippen molar-refractivity contribution in [2.75, 3.05) is 6.61 Å². The Labute approximate surface area is 118 Å². The second-order valence-corrected chi connectivity index (χ2v) is 4.56. The highest BCUT2D eigenvalue weighted by molar-refractivity contribution is 5.78. The van der Waals surface area contributed by atoms with E-state index in [1.54, 1.807) is 6.92 Å². The summed E-state index contributed by atoms with van der Waals surface area (Å²) in [5.74, 6) is -1.39. The van der Waals surface area contributed by atoms with Crippen LogP contribution in [0.5, 0.6) is 0 Å². The van der Waals surface area contributed by atoms with Gasteiger partial charge in [0.25, 0.3) is 0 Å². The molecular weight excluding hydrogens is 258 g/mol. The van der Waals surface area contributed by atoms with Crippen molar-refractivity contribution in [3.8, 4) is 0 Å². The van der Waals surface area contributed by atoms with Crippen molar-refractivity contribution < 1.29 is 19.4 Å². The number of benzene rings is 1. The van der Waals surface area contributed by atoms with Crippen LogP contribution in [0.2, 0.25) is 0 Å². The van der Waals surface area contributed by atoms with Crippen molar-refractivity contribution in [2.24, 2.45) is 0 Å². The van der Waals surface area contributed by atoms with Crippen molar-refractivity contribution in [1.29, 1.82) is 0 Å². The number of rotatable bonds is 8. The normalized spacial score (nSPS) is 13.5. The summed E-state index contributed by atoms with van der Waals surface area (Å²) in [4.78, 5) is 22.7. The molecule has 0 aliphatic carbocycles. The third-order valence-corrected chi connectivity index (χ3v) is 2.96. The van der Waals surface area contributed by atoms with Crippen LogP contribution in [0.3, 0.4) is 0 Å². The zero-order valence-corrected chi connectivity index (χ0v) is 11.8. The summed E-state index contributed by atoms with van der Waals surface area (Å²) in [6, 6.07) is 8.34. The Bertz CT molecular complexity index is 433. The van der Waals surface area contributed by atoms with Gasteiger partial charge in [-0.15, -0.1) is 0 Å². The molecule has 0 saturated heterocycles. The molecule has 0 saturated carbocycles. The van der Waals surface area contributed by atoms with Gasteiger partial charge < -0.3 is 9.84 Å². The highest BCUT2D eigenvalue weighted by Gasteiger charge is 2.24. The van der Waals surface area contributed by atoms with Crippen LogP contribution in [0.4, 0.5) is 0 Å². The molecule has 0 heterocycles. The molecule has 20 heavy (non-hydrogen) atoms. The number of hydrogen-bond acceptors (Lipinski definition) is 4. The van der Waals surface area contributed by atoms with Gasteiger partial charge in [-0.25, -0.2) is 0 Å². The number of ether oxygens (including phenoxy) is 1. The van der Waals surface area contributed by atoms with E-state index >= 15 is 0 Å². The summed E-state index contributed by atoms with van der Waals surface area (Å²) in [6.07, 6.45) is 1.18. The predicted molar refractivity (Wildman–Crippen MR) is 75.4 cm³/mol. The summed E-state index contributed by atoms with van der Waals surface area (Å²) >= 11 is 0. The molecule has 0 radical (unpaired) electrons. The summed E-state index contributed by atoms with van der Waals surface area (Å²) in [6.45, 7) is 3.52. The van der Waals surface area contributed by atoms with E-state index in [2.05, 4.69) is 5.32 Å². The second-order valence-electron chi connectivity index (χ2n) is 4.56. The van der Waals surface area contributed by atoms with Crippen LogP contribution < -0.4 is 5.32 Å². The number of nitrogens with one attached hydrogen (secondary N) is 1. The van der Waals surface area contributed by atoms with E-state index in [1.165, 1.54) is 6.92 Å². The Hall–Kier alpha value is -1.88. The molecular formula is C15H21NO4. The van der Waals surface area contributed by atoms with Gasteiger partial charge in [-0.3, -0.25) is 14.9 Å². The minimum absolute atomic E-state index is 0.282. The molecule has 1 rings (SSSR count). The zero-order valence-electron chi connectivity index (χ0n) is 11.8. The molecule has 1 aromatic carbocycles. The maximum atomic E-state index is 11.8. The van der Waals surface area contributed by atoms with Crippen LogP contribution in [0, 0.1) is 0 Å². The van der Waals surface area contributed by atoms with E-state index in [0.29, 0.717) is 12.8 Å². The van der Waals surface area contributed by atoms with Crippen molar-refractivity contribution >= 4 is 11.9 Å². The molecule has 0 aliphatic rings. The molecule has 0 spiro atoms. The summed E-state index contributed by atoms with van der Waals surface area (Å²) in [7, 11) is 0. The van der Waals surface area contributed by atoms with E-state index in [-0.39, 0.29) is 6.61 Å². The third kappa shape index (κ3) is 5.40. The first-order valence-electron chi connectivity index (χ1n) is 6.74. The molecule has 0 aromatic heterocycles. The molecule has 5 nitrogen and oxygen atoms in total. The fraction of sp³-hybridized carbons (Fsp3) is 0.467. The minimum atomic E-state index is -0.987. The van der Waals surface area contributed by atoms with Crippen LogP contribution in [0.15, 0.2) is 30.3 Å². The number of carboxylic acids is 1. The lowest BCUT2D eigenvalue weighted by atomic mass is 10.0. The van der Waals surface area contributed by atoms with E-state index in [9.17, 15) is 9.59 Å². The number of aliphatic carboxylic acids is 1. The fourth-order valence-corrected chi connectivity index (χ4v) is 1.84. The topological polar surface area (TPSA) is 75.6 Å². The van der Waals surface area contributed by atoms with Gasteiger partial charge in [0, 0.05) is 0 Å². The van der Waals surface area contributed by atoms with E-state index < -0.39 is 24.0 Å². The first-order valence-corrected chi connectivity index (χ1v) is 6.74. The molecule has 0 fully saturated rings. The van der Waals surface area contributed by atoms with Crippen LogP contribution >= 0.6 is 0 Å². The molecule has 110 valence electrons. The van der Waals surface area contributed by atoms with E-state index in [4.69, 9.17) is 9.84 Å². The molecule has 5 heteroatoms. The van der Waals surface area contributed by atoms with E-state index in [0.717, 1.165) is 5.56 Å². The van der Waals surface area contributed by atoms with Gasteiger partial charge in [-0.2, -0.15) is 0 Å². The van der Waals surface area contributed by atoms with Crippen LogP contribution in [-0.4, -0.2) is 35.7 Å². The molecule has 0 amide bonds. The molecule has 0 aliphatic heterocycles. The van der Waals surface area contributed by atoms with Gasteiger partial charge in [0.2, 0.25) is 0 Å². The Balaban J connectivity index is 2.62. The van der Waals surface area contributed by atoms with Crippen LogP contribution in [0.1, 0.15) is 25.8 Å². The molecule has 1 unspecified atom stereocenters. The standard InChI is InChI=1S/C15H21NO4/c1-3-20-15(19)13(16-11(2)14(17)18)10-9-12-7-5-4-6-8-12/h4-8,11,13,16H,3,9-10H2,1-2H3,(H,17,18)/t11?,13-/m0/s1. The summed E-state index contributed by atoms with van der Waals surface area (Å²) in [5.41, 5.74) is 1.10. The second kappa shape index (κ2) is 8.32. The number of hydrogen-bond donors (Lipinski definition) is 2. The quantitative estimate of drug-likeness (QED) is 0.707. The van der Waals surface area contributed by atoms with Gasteiger partial charge in [0.05, 0.1) is 6.61 Å². The average Bonchev–Trinajstić information content (AvgIpc) is 2.44. The number of carbonyl (C=O) groups is 2. The van der Waals surface area contributed by atoms with Gasteiger partial charge in [0.1, 0.15) is 12.1 Å². The van der Waals surface area contributed by atoms with Gasteiger partial charge >= 0.3 is 11.9 Å². The highest BCUT2D eigenvalue weighted by Crippen LogP contribution is 2.07. The first kappa shape index (κ1) is 16.2. The van der Waals surface area contributed by atoms with Gasteiger partial charge in [-0.1, -0.05) is 30.3 Å². The minimum Gasteiger partial charge on any atom is -0.480 e.